The monoisotopic (exact) mass is 161 g/mol. The highest BCUT2D eigenvalue weighted by Gasteiger charge is 2.13. The first kappa shape index (κ1) is 8.46. The van der Waals surface area contributed by atoms with Gasteiger partial charge in [-0.05, 0) is 0 Å². The van der Waals surface area contributed by atoms with Gasteiger partial charge in [-0.25, -0.2) is 4.39 Å². The van der Waals surface area contributed by atoms with Gasteiger partial charge >= 0.3 is 0 Å². The van der Waals surface area contributed by atoms with E-state index in [1.54, 1.807) is 7.11 Å². The first-order valence-corrected chi connectivity index (χ1v) is 3.61. The van der Waals surface area contributed by atoms with Crippen molar-refractivity contribution in [3.8, 4) is 0 Å². The number of aliphatic imine (C=N–C) groups is 1. The molecule has 0 saturated heterocycles. The molecule has 1 heterocycles. The number of alkyl halides is 1. The van der Waals surface area contributed by atoms with E-state index >= 15 is 0 Å². The quantitative estimate of drug-likeness (QED) is 0.569. The third-order valence-electron chi connectivity index (χ3n) is 1.55. The SMILES string of the molecule is COC1=NC[C@@H](CF)OCC1. The van der Waals surface area contributed by atoms with Crippen LogP contribution in [0.1, 0.15) is 6.42 Å². The molecule has 0 aromatic heterocycles. The van der Waals surface area contributed by atoms with E-state index < -0.39 is 6.67 Å². The number of rotatable bonds is 1. The Morgan fingerprint density at radius 3 is 3.27 bits per heavy atom. The van der Waals surface area contributed by atoms with Gasteiger partial charge in [-0.2, -0.15) is 0 Å². The molecular weight excluding hydrogens is 149 g/mol. The van der Waals surface area contributed by atoms with Crippen LogP contribution in [-0.4, -0.2) is 38.9 Å². The Bertz CT molecular complexity index is 149. The number of nitrogens with zero attached hydrogens (tertiary/aromatic N) is 1. The lowest BCUT2D eigenvalue weighted by molar-refractivity contribution is 0.0499. The largest absolute Gasteiger partial charge is 0.484 e. The molecule has 1 atom stereocenters. The van der Waals surface area contributed by atoms with E-state index in [-0.39, 0.29) is 6.10 Å². The van der Waals surface area contributed by atoms with Crippen molar-refractivity contribution in [2.24, 2.45) is 4.99 Å². The van der Waals surface area contributed by atoms with E-state index in [0.717, 1.165) is 0 Å². The highest BCUT2D eigenvalue weighted by molar-refractivity contribution is 5.76. The van der Waals surface area contributed by atoms with Crippen molar-refractivity contribution < 1.29 is 13.9 Å². The average Bonchev–Trinajstić information content (AvgIpc) is 2.28. The molecule has 1 aliphatic heterocycles. The fourth-order valence-electron chi connectivity index (χ4n) is 0.908. The molecule has 64 valence electrons. The Kier molecular flexibility index (Phi) is 3.29. The lowest BCUT2D eigenvalue weighted by atomic mass is 10.4. The summed E-state index contributed by atoms with van der Waals surface area (Å²) in [7, 11) is 1.56. The van der Waals surface area contributed by atoms with Crippen molar-refractivity contribution in [1.82, 2.24) is 0 Å². The first-order valence-electron chi connectivity index (χ1n) is 3.61. The maximum absolute atomic E-state index is 12.1. The molecule has 0 N–H and O–H groups in total. The molecule has 0 saturated carbocycles. The summed E-state index contributed by atoms with van der Waals surface area (Å²) in [5, 5.41) is 0. The third-order valence-corrected chi connectivity index (χ3v) is 1.55. The number of hydrogen-bond acceptors (Lipinski definition) is 3. The minimum absolute atomic E-state index is 0.373. The normalized spacial score (nSPS) is 25.6. The van der Waals surface area contributed by atoms with Gasteiger partial charge in [0.25, 0.3) is 0 Å². The standard InChI is InChI=1S/C7H12FNO2/c1-10-7-2-3-11-6(4-8)5-9-7/h6H,2-5H2,1H3/t6-/m1/s1. The maximum atomic E-state index is 12.1. The Balaban J connectivity index is 2.42. The molecule has 4 heteroatoms. The van der Waals surface area contributed by atoms with Crippen LogP contribution in [-0.2, 0) is 9.47 Å². The zero-order chi connectivity index (χ0) is 8.10. The number of halogens is 1. The van der Waals surface area contributed by atoms with Gasteiger partial charge < -0.3 is 9.47 Å². The van der Waals surface area contributed by atoms with Crippen LogP contribution in [0.5, 0.6) is 0 Å². The molecular formula is C7H12FNO2. The topological polar surface area (TPSA) is 30.8 Å². The predicted octanol–water partition coefficient (Wildman–Crippen LogP) is 0.790. The fourth-order valence-corrected chi connectivity index (χ4v) is 0.908. The zero-order valence-corrected chi connectivity index (χ0v) is 6.55. The van der Waals surface area contributed by atoms with Crippen LogP contribution >= 0.6 is 0 Å². The van der Waals surface area contributed by atoms with Gasteiger partial charge in [0.05, 0.1) is 20.3 Å². The molecule has 0 aromatic carbocycles. The summed E-state index contributed by atoms with van der Waals surface area (Å²) in [5.41, 5.74) is 0. The highest BCUT2D eigenvalue weighted by atomic mass is 19.1. The van der Waals surface area contributed by atoms with Crippen LogP contribution in [0.25, 0.3) is 0 Å². The van der Waals surface area contributed by atoms with Gasteiger partial charge in [-0.15, -0.1) is 0 Å². The van der Waals surface area contributed by atoms with Crippen LogP contribution in [0.15, 0.2) is 4.99 Å². The molecule has 1 aliphatic rings. The van der Waals surface area contributed by atoms with Crippen molar-refractivity contribution in [2.45, 2.75) is 12.5 Å². The molecule has 0 spiro atoms. The van der Waals surface area contributed by atoms with Gasteiger partial charge in [-0.3, -0.25) is 4.99 Å². The van der Waals surface area contributed by atoms with E-state index in [4.69, 9.17) is 9.47 Å². The minimum Gasteiger partial charge on any atom is -0.484 e. The molecule has 0 aliphatic carbocycles. The molecule has 3 nitrogen and oxygen atoms in total. The van der Waals surface area contributed by atoms with Crippen LogP contribution in [0.3, 0.4) is 0 Å². The van der Waals surface area contributed by atoms with Crippen LogP contribution in [0.2, 0.25) is 0 Å². The molecule has 1 rings (SSSR count). The predicted molar refractivity (Wildman–Crippen MR) is 39.6 cm³/mol. The summed E-state index contributed by atoms with van der Waals surface area (Å²) in [6.45, 7) is 0.404. The summed E-state index contributed by atoms with van der Waals surface area (Å²) >= 11 is 0. The van der Waals surface area contributed by atoms with Crippen LogP contribution < -0.4 is 0 Å². The van der Waals surface area contributed by atoms with Crippen molar-refractivity contribution in [3.63, 3.8) is 0 Å². The maximum Gasteiger partial charge on any atom is 0.185 e. The highest BCUT2D eigenvalue weighted by Crippen LogP contribution is 2.03. The van der Waals surface area contributed by atoms with E-state index in [0.29, 0.717) is 25.5 Å². The summed E-state index contributed by atoms with van der Waals surface area (Å²) < 4.78 is 22.1. The first-order chi connectivity index (χ1) is 5.36. The van der Waals surface area contributed by atoms with Crippen molar-refractivity contribution in [1.29, 1.82) is 0 Å². The van der Waals surface area contributed by atoms with Gasteiger partial charge in [0.2, 0.25) is 0 Å². The van der Waals surface area contributed by atoms with Crippen molar-refractivity contribution in [3.05, 3.63) is 0 Å². The zero-order valence-electron chi connectivity index (χ0n) is 6.55. The Hall–Kier alpha value is -0.640. The van der Waals surface area contributed by atoms with E-state index in [1.165, 1.54) is 0 Å². The third kappa shape index (κ3) is 2.46. The smallest absolute Gasteiger partial charge is 0.185 e. The van der Waals surface area contributed by atoms with Crippen LogP contribution in [0, 0.1) is 0 Å². The Morgan fingerprint density at radius 2 is 2.64 bits per heavy atom. The van der Waals surface area contributed by atoms with E-state index in [2.05, 4.69) is 4.99 Å². The number of methoxy groups -OCH3 is 1. The minimum atomic E-state index is -0.472. The van der Waals surface area contributed by atoms with Crippen molar-refractivity contribution in [2.75, 3.05) is 26.9 Å². The van der Waals surface area contributed by atoms with E-state index in [9.17, 15) is 4.39 Å². The lowest BCUT2D eigenvalue weighted by Crippen LogP contribution is -2.17. The lowest BCUT2D eigenvalue weighted by Gasteiger charge is -2.06. The van der Waals surface area contributed by atoms with Gasteiger partial charge in [0.15, 0.2) is 5.90 Å². The summed E-state index contributed by atoms with van der Waals surface area (Å²) in [6, 6.07) is 0. The second kappa shape index (κ2) is 4.28. The molecule has 11 heavy (non-hydrogen) atoms. The summed E-state index contributed by atoms with van der Waals surface area (Å²) in [4.78, 5) is 4.02. The molecule has 0 aromatic rings. The number of hydrogen-bond donors (Lipinski definition) is 0. The average molecular weight is 161 g/mol. The molecule has 0 amide bonds. The summed E-state index contributed by atoms with van der Waals surface area (Å²) in [6.07, 6.45) is 0.273. The second-order valence-corrected chi connectivity index (χ2v) is 2.34. The Morgan fingerprint density at radius 1 is 1.82 bits per heavy atom. The van der Waals surface area contributed by atoms with Gasteiger partial charge in [-0.1, -0.05) is 0 Å². The molecule has 0 bridgehead atoms. The number of ether oxygens (including phenoxy) is 2. The second-order valence-electron chi connectivity index (χ2n) is 2.34. The fraction of sp³-hybridized carbons (Fsp3) is 0.857. The molecule has 0 unspecified atom stereocenters. The summed E-state index contributed by atoms with van der Waals surface area (Å²) in [5.74, 6) is 0.654. The van der Waals surface area contributed by atoms with Crippen molar-refractivity contribution >= 4 is 5.90 Å². The Labute approximate surface area is 65.2 Å². The van der Waals surface area contributed by atoms with Gasteiger partial charge in [0, 0.05) is 6.42 Å². The van der Waals surface area contributed by atoms with Gasteiger partial charge in [0.1, 0.15) is 12.8 Å². The van der Waals surface area contributed by atoms with E-state index in [1.807, 2.05) is 0 Å². The molecule has 0 fully saturated rings. The molecule has 0 radical (unpaired) electrons. The van der Waals surface area contributed by atoms with Crippen LogP contribution in [0.4, 0.5) is 4.39 Å².